The molecular weight excluding hydrogens is 433 g/mol. The van der Waals surface area contributed by atoms with Gasteiger partial charge >= 0.3 is 0 Å². The molecule has 1 fully saturated rings. The van der Waals surface area contributed by atoms with Crippen molar-refractivity contribution in [2.24, 2.45) is 5.92 Å². The van der Waals surface area contributed by atoms with Crippen molar-refractivity contribution in [2.45, 2.75) is 58.2 Å². The molecule has 6 nitrogen and oxygen atoms in total. The van der Waals surface area contributed by atoms with Gasteiger partial charge < -0.3 is 15.1 Å². The van der Waals surface area contributed by atoms with Gasteiger partial charge in [0.25, 0.3) is 5.91 Å². The van der Waals surface area contributed by atoms with E-state index in [1.54, 1.807) is 21.9 Å². The number of halogens is 1. The molecule has 1 unspecified atom stereocenters. The van der Waals surface area contributed by atoms with Gasteiger partial charge in [0.15, 0.2) is 0 Å². The fourth-order valence-corrected chi connectivity index (χ4v) is 4.82. The van der Waals surface area contributed by atoms with Gasteiger partial charge in [0.1, 0.15) is 11.9 Å². The Morgan fingerprint density at radius 1 is 1.00 bits per heavy atom. The summed E-state index contributed by atoms with van der Waals surface area (Å²) in [6.45, 7) is 5.33. The number of carbonyl (C=O) groups is 3. The van der Waals surface area contributed by atoms with Gasteiger partial charge in [-0.2, -0.15) is 0 Å². The number of likely N-dealkylation sites (tertiary alicyclic amines) is 1. The second-order valence-electron chi connectivity index (χ2n) is 9.66. The van der Waals surface area contributed by atoms with Gasteiger partial charge in [-0.1, -0.05) is 50.2 Å². The molecule has 2 heterocycles. The molecule has 1 atom stereocenters. The van der Waals surface area contributed by atoms with Crippen LogP contribution in [0.1, 0.15) is 54.6 Å². The first-order chi connectivity index (χ1) is 16.3. The standard InChI is InChI=1S/C27H32FN3O3/c1-18(2)15-25(32)31-17-20-8-4-3-7-19(20)16-24(31)26(33)29-21-11-13-30(14-12-21)27(34)22-9-5-6-10-23(22)28/h3-10,18,21,24H,11-17H2,1-2H3,(H,29,33). The number of carbonyl (C=O) groups excluding carboxylic acids is 3. The zero-order chi connectivity index (χ0) is 24.2. The minimum atomic E-state index is -0.542. The third-order valence-electron chi connectivity index (χ3n) is 6.69. The van der Waals surface area contributed by atoms with Crippen molar-refractivity contribution in [3.63, 3.8) is 0 Å². The monoisotopic (exact) mass is 465 g/mol. The fraction of sp³-hybridized carbons (Fsp3) is 0.444. The summed E-state index contributed by atoms with van der Waals surface area (Å²) in [5, 5.41) is 3.12. The lowest BCUT2D eigenvalue weighted by Crippen LogP contribution is -2.56. The molecule has 0 bridgehead atoms. The van der Waals surface area contributed by atoms with Crippen LogP contribution in [0.25, 0.3) is 0 Å². The average molecular weight is 466 g/mol. The van der Waals surface area contributed by atoms with E-state index >= 15 is 0 Å². The lowest BCUT2D eigenvalue weighted by molar-refractivity contribution is -0.142. The van der Waals surface area contributed by atoms with Crippen LogP contribution in [-0.4, -0.2) is 52.7 Å². The van der Waals surface area contributed by atoms with Crippen molar-refractivity contribution in [2.75, 3.05) is 13.1 Å². The van der Waals surface area contributed by atoms with E-state index < -0.39 is 11.9 Å². The molecule has 2 aliphatic heterocycles. The Morgan fingerprint density at radius 2 is 1.65 bits per heavy atom. The number of benzene rings is 2. The van der Waals surface area contributed by atoms with E-state index in [-0.39, 0.29) is 35.2 Å². The smallest absolute Gasteiger partial charge is 0.256 e. The molecule has 1 saturated heterocycles. The Labute approximate surface area is 200 Å². The van der Waals surface area contributed by atoms with Gasteiger partial charge in [0.05, 0.1) is 5.56 Å². The highest BCUT2D eigenvalue weighted by Crippen LogP contribution is 2.25. The number of piperidine rings is 1. The van der Waals surface area contributed by atoms with E-state index in [1.807, 2.05) is 38.1 Å². The lowest BCUT2D eigenvalue weighted by atomic mass is 9.92. The number of nitrogens with one attached hydrogen (secondary N) is 1. The first-order valence-corrected chi connectivity index (χ1v) is 12.0. The Bertz CT molecular complexity index is 1060. The number of hydrogen-bond donors (Lipinski definition) is 1. The summed E-state index contributed by atoms with van der Waals surface area (Å²) in [6, 6.07) is 13.3. The number of fused-ring (bicyclic) bond motifs is 1. The topological polar surface area (TPSA) is 69.7 Å². The van der Waals surface area contributed by atoms with Crippen molar-refractivity contribution in [1.82, 2.24) is 15.1 Å². The summed E-state index contributed by atoms with van der Waals surface area (Å²) >= 11 is 0. The fourth-order valence-electron chi connectivity index (χ4n) is 4.82. The van der Waals surface area contributed by atoms with Crippen LogP contribution >= 0.6 is 0 Å². The van der Waals surface area contributed by atoms with Gasteiger partial charge in [-0.3, -0.25) is 14.4 Å². The van der Waals surface area contributed by atoms with Crippen molar-refractivity contribution in [3.8, 4) is 0 Å². The molecule has 0 radical (unpaired) electrons. The maximum Gasteiger partial charge on any atom is 0.256 e. The molecule has 2 aromatic rings. The summed E-state index contributed by atoms with van der Waals surface area (Å²) < 4.78 is 14.0. The van der Waals surface area contributed by atoms with Crippen molar-refractivity contribution in [3.05, 3.63) is 71.0 Å². The number of rotatable bonds is 5. The Hall–Kier alpha value is -3.22. The summed E-state index contributed by atoms with van der Waals surface area (Å²) in [4.78, 5) is 42.3. The van der Waals surface area contributed by atoms with E-state index in [2.05, 4.69) is 5.32 Å². The zero-order valence-electron chi connectivity index (χ0n) is 19.8. The number of hydrogen-bond acceptors (Lipinski definition) is 3. The molecule has 2 aliphatic rings. The molecule has 0 aliphatic carbocycles. The quantitative estimate of drug-likeness (QED) is 0.734. The first kappa shape index (κ1) is 23.9. The molecule has 180 valence electrons. The van der Waals surface area contributed by atoms with E-state index in [0.29, 0.717) is 45.3 Å². The Morgan fingerprint density at radius 3 is 2.32 bits per heavy atom. The Kier molecular flexibility index (Phi) is 7.29. The maximum absolute atomic E-state index is 14.0. The third-order valence-corrected chi connectivity index (χ3v) is 6.69. The Balaban J connectivity index is 1.40. The summed E-state index contributed by atoms with van der Waals surface area (Å²) in [5.41, 5.74) is 2.26. The van der Waals surface area contributed by atoms with Gasteiger partial charge in [-0.15, -0.1) is 0 Å². The minimum Gasteiger partial charge on any atom is -0.351 e. The van der Waals surface area contributed by atoms with E-state index in [4.69, 9.17) is 0 Å². The predicted octanol–water partition coefficient (Wildman–Crippen LogP) is 3.55. The van der Waals surface area contributed by atoms with Crippen molar-refractivity contribution >= 4 is 17.7 Å². The molecule has 0 saturated carbocycles. The van der Waals surface area contributed by atoms with Crippen molar-refractivity contribution in [1.29, 1.82) is 0 Å². The minimum absolute atomic E-state index is 0.00467. The van der Waals surface area contributed by atoms with E-state index in [0.717, 1.165) is 11.1 Å². The van der Waals surface area contributed by atoms with E-state index in [9.17, 15) is 18.8 Å². The van der Waals surface area contributed by atoms with Crippen LogP contribution in [0, 0.1) is 11.7 Å². The van der Waals surface area contributed by atoms with Gasteiger partial charge in [0, 0.05) is 38.5 Å². The summed E-state index contributed by atoms with van der Waals surface area (Å²) in [7, 11) is 0. The highest BCUT2D eigenvalue weighted by atomic mass is 19.1. The molecule has 0 spiro atoms. The van der Waals surface area contributed by atoms with Crippen LogP contribution < -0.4 is 5.32 Å². The van der Waals surface area contributed by atoms with Crippen LogP contribution in [0.4, 0.5) is 4.39 Å². The van der Waals surface area contributed by atoms with Crippen LogP contribution in [0.15, 0.2) is 48.5 Å². The van der Waals surface area contributed by atoms with Crippen LogP contribution in [0.3, 0.4) is 0 Å². The largest absolute Gasteiger partial charge is 0.351 e. The highest BCUT2D eigenvalue weighted by Gasteiger charge is 2.36. The summed E-state index contributed by atoms with van der Waals surface area (Å²) in [6.07, 6.45) is 2.09. The van der Waals surface area contributed by atoms with Gasteiger partial charge in [-0.05, 0) is 42.0 Å². The van der Waals surface area contributed by atoms with Crippen LogP contribution in [-0.2, 0) is 22.6 Å². The molecule has 34 heavy (non-hydrogen) atoms. The first-order valence-electron chi connectivity index (χ1n) is 12.0. The molecule has 7 heteroatoms. The molecular formula is C27H32FN3O3. The second-order valence-corrected chi connectivity index (χ2v) is 9.66. The summed E-state index contributed by atoms with van der Waals surface area (Å²) in [5.74, 6) is -0.783. The highest BCUT2D eigenvalue weighted by molar-refractivity contribution is 5.94. The van der Waals surface area contributed by atoms with Gasteiger partial charge in [-0.25, -0.2) is 4.39 Å². The van der Waals surface area contributed by atoms with Crippen LogP contribution in [0.2, 0.25) is 0 Å². The molecule has 0 aromatic heterocycles. The molecule has 4 rings (SSSR count). The lowest BCUT2D eigenvalue weighted by Gasteiger charge is -2.38. The predicted molar refractivity (Wildman–Crippen MR) is 127 cm³/mol. The second kappa shape index (κ2) is 10.4. The molecule has 2 aromatic carbocycles. The number of nitrogens with zero attached hydrogens (tertiary/aromatic N) is 2. The number of amides is 3. The van der Waals surface area contributed by atoms with E-state index in [1.165, 1.54) is 12.1 Å². The maximum atomic E-state index is 14.0. The normalized spacial score (nSPS) is 18.5. The van der Waals surface area contributed by atoms with Crippen molar-refractivity contribution < 1.29 is 18.8 Å². The van der Waals surface area contributed by atoms with Gasteiger partial charge in [0.2, 0.25) is 11.8 Å². The third kappa shape index (κ3) is 5.29. The molecule has 3 amide bonds. The average Bonchev–Trinajstić information content (AvgIpc) is 2.83. The molecule has 1 N–H and O–H groups in total. The SMILES string of the molecule is CC(C)CC(=O)N1Cc2ccccc2CC1C(=O)NC1CCN(C(=O)c2ccccc2F)CC1. The van der Waals surface area contributed by atoms with Crippen LogP contribution in [0.5, 0.6) is 0 Å². The zero-order valence-corrected chi connectivity index (χ0v) is 19.8.